The van der Waals surface area contributed by atoms with Crippen LogP contribution in [0.5, 0.6) is 0 Å². The Morgan fingerprint density at radius 1 is 1.43 bits per heavy atom. The summed E-state index contributed by atoms with van der Waals surface area (Å²) in [5.41, 5.74) is 0.987. The maximum atomic E-state index is 5.81. The number of hydrogen-bond acceptors (Lipinski definition) is 2. The van der Waals surface area contributed by atoms with Crippen LogP contribution in [0.3, 0.4) is 0 Å². The minimum absolute atomic E-state index is 0. The molecule has 0 radical (unpaired) electrons. The summed E-state index contributed by atoms with van der Waals surface area (Å²) in [6, 6.07) is 8.50. The molecule has 0 spiro atoms. The molecule has 0 amide bonds. The normalized spacial score (nSPS) is 10.0. The summed E-state index contributed by atoms with van der Waals surface area (Å²) < 4.78 is 10.1. The molecule has 0 fully saturated rings. The third-order valence-electron chi connectivity index (χ3n) is 1.74. The maximum absolute atomic E-state index is 5.81. The second-order valence-electron chi connectivity index (χ2n) is 2.64. The van der Waals surface area contributed by atoms with Crippen molar-refractivity contribution in [1.82, 2.24) is 0 Å². The fourth-order valence-electron chi connectivity index (χ4n) is 1.04. The molecule has 0 saturated heterocycles. The average Bonchev–Trinajstić information content (AvgIpc) is 2.14. The van der Waals surface area contributed by atoms with Gasteiger partial charge in [-0.3, -0.25) is 0 Å². The molecular weight excluding hydrogens is 195 g/mol. The van der Waals surface area contributed by atoms with Gasteiger partial charge < -0.3 is 9.47 Å². The Kier molecular flexibility index (Phi) is 7.35. The SMILES string of the molecule is COC(Cc1[c-]ccc(Cl)c1)OC.[Li+]. The van der Waals surface area contributed by atoms with Crippen LogP contribution in [-0.2, 0) is 15.9 Å². The van der Waals surface area contributed by atoms with E-state index < -0.39 is 0 Å². The maximum Gasteiger partial charge on any atom is 1.00 e. The van der Waals surface area contributed by atoms with Crippen LogP contribution in [0.25, 0.3) is 0 Å². The molecule has 1 rings (SSSR count). The van der Waals surface area contributed by atoms with Gasteiger partial charge in [-0.15, -0.1) is 17.7 Å². The van der Waals surface area contributed by atoms with Crippen molar-refractivity contribution in [1.29, 1.82) is 0 Å². The molecule has 14 heavy (non-hydrogen) atoms. The quantitative estimate of drug-likeness (QED) is 0.369. The molecule has 0 bridgehead atoms. The van der Waals surface area contributed by atoms with Gasteiger partial charge in [0.15, 0.2) is 6.29 Å². The predicted octanol–water partition coefficient (Wildman–Crippen LogP) is -0.694. The number of benzene rings is 1. The summed E-state index contributed by atoms with van der Waals surface area (Å²) in [5, 5.41) is 0.708. The van der Waals surface area contributed by atoms with Gasteiger partial charge in [-0.2, -0.15) is 23.8 Å². The van der Waals surface area contributed by atoms with Gasteiger partial charge in [0, 0.05) is 20.6 Å². The number of methoxy groups -OCH3 is 2. The molecule has 0 saturated carbocycles. The van der Waals surface area contributed by atoms with Gasteiger partial charge in [0.25, 0.3) is 0 Å². The zero-order valence-electron chi connectivity index (χ0n) is 8.71. The second-order valence-corrected chi connectivity index (χ2v) is 3.07. The minimum Gasteiger partial charge on any atom is -0.356 e. The summed E-state index contributed by atoms with van der Waals surface area (Å²) in [6.07, 6.45) is 0.433. The Hall–Kier alpha value is 0.0274. The van der Waals surface area contributed by atoms with Gasteiger partial charge in [-0.1, -0.05) is 5.02 Å². The van der Waals surface area contributed by atoms with E-state index in [0.717, 1.165) is 5.56 Å². The predicted molar refractivity (Wildman–Crippen MR) is 51.8 cm³/mol. The summed E-state index contributed by atoms with van der Waals surface area (Å²) >= 11 is 5.81. The molecule has 1 aromatic carbocycles. The number of rotatable bonds is 4. The van der Waals surface area contributed by atoms with Crippen LogP contribution in [0.1, 0.15) is 5.56 Å². The summed E-state index contributed by atoms with van der Waals surface area (Å²) in [4.78, 5) is 0. The third-order valence-corrected chi connectivity index (χ3v) is 1.97. The molecule has 1 aromatic rings. The van der Waals surface area contributed by atoms with Crippen LogP contribution < -0.4 is 18.9 Å². The van der Waals surface area contributed by atoms with Crippen molar-refractivity contribution in [2.45, 2.75) is 12.7 Å². The first kappa shape index (κ1) is 14.0. The Labute approximate surface area is 102 Å². The zero-order chi connectivity index (χ0) is 9.68. The van der Waals surface area contributed by atoms with Crippen molar-refractivity contribution < 1.29 is 28.3 Å². The first-order valence-corrected chi connectivity index (χ1v) is 4.35. The molecule has 0 aliphatic rings. The molecule has 0 aliphatic heterocycles. The molecule has 0 atom stereocenters. The van der Waals surface area contributed by atoms with Crippen molar-refractivity contribution in [3.8, 4) is 0 Å². The minimum atomic E-state index is -0.227. The van der Waals surface area contributed by atoms with Crippen LogP contribution in [0.2, 0.25) is 5.02 Å². The zero-order valence-corrected chi connectivity index (χ0v) is 9.47. The topological polar surface area (TPSA) is 18.5 Å². The number of hydrogen-bond donors (Lipinski definition) is 0. The molecule has 0 N–H and O–H groups in total. The van der Waals surface area contributed by atoms with Gasteiger partial charge in [-0.25, -0.2) is 0 Å². The molecule has 0 aliphatic carbocycles. The molecule has 72 valence electrons. The van der Waals surface area contributed by atoms with Crippen molar-refractivity contribution in [2.24, 2.45) is 0 Å². The Balaban J connectivity index is 0.00000169. The summed E-state index contributed by atoms with van der Waals surface area (Å²) in [7, 11) is 3.22. The molecule has 2 nitrogen and oxygen atoms in total. The summed E-state index contributed by atoms with van der Waals surface area (Å²) in [5.74, 6) is 0. The standard InChI is InChI=1S/C10H12ClO2.Li/c1-12-10(13-2)7-8-4-3-5-9(11)6-8;/h3,5-6,10H,7H2,1-2H3;/q-1;+1. The van der Waals surface area contributed by atoms with E-state index in [-0.39, 0.29) is 25.2 Å². The number of ether oxygens (including phenoxy) is 2. The Bertz CT molecular complexity index is 264. The van der Waals surface area contributed by atoms with Crippen LogP contribution in [-0.4, -0.2) is 20.5 Å². The van der Waals surface area contributed by atoms with Crippen molar-refractivity contribution >= 4 is 11.6 Å². The van der Waals surface area contributed by atoms with Crippen LogP contribution >= 0.6 is 11.6 Å². The van der Waals surface area contributed by atoms with Crippen LogP contribution in [0.4, 0.5) is 0 Å². The third kappa shape index (κ3) is 4.50. The van der Waals surface area contributed by atoms with Gasteiger partial charge in [0.2, 0.25) is 0 Å². The van der Waals surface area contributed by atoms with Crippen molar-refractivity contribution in [3.05, 3.63) is 34.9 Å². The van der Waals surface area contributed by atoms with E-state index in [1.807, 2.05) is 6.07 Å². The Morgan fingerprint density at radius 3 is 2.57 bits per heavy atom. The fraction of sp³-hybridized carbons (Fsp3) is 0.400. The van der Waals surface area contributed by atoms with E-state index in [0.29, 0.717) is 11.4 Å². The van der Waals surface area contributed by atoms with E-state index in [2.05, 4.69) is 6.07 Å². The smallest absolute Gasteiger partial charge is 0.356 e. The van der Waals surface area contributed by atoms with Gasteiger partial charge in [0.05, 0.1) is 0 Å². The Morgan fingerprint density at radius 2 is 2.07 bits per heavy atom. The largest absolute Gasteiger partial charge is 1.00 e. The molecule has 0 aromatic heterocycles. The van der Waals surface area contributed by atoms with E-state index >= 15 is 0 Å². The van der Waals surface area contributed by atoms with Crippen LogP contribution in [0, 0.1) is 6.07 Å². The summed E-state index contributed by atoms with van der Waals surface area (Å²) in [6.45, 7) is 0. The second kappa shape index (κ2) is 7.34. The van der Waals surface area contributed by atoms with E-state index in [4.69, 9.17) is 21.1 Å². The van der Waals surface area contributed by atoms with E-state index in [9.17, 15) is 0 Å². The molecule has 4 heteroatoms. The van der Waals surface area contributed by atoms with Gasteiger partial charge in [-0.05, 0) is 0 Å². The van der Waals surface area contributed by atoms with Gasteiger partial charge in [0.1, 0.15) is 0 Å². The van der Waals surface area contributed by atoms with Crippen LogP contribution in [0.15, 0.2) is 18.2 Å². The molecule has 0 unspecified atom stereocenters. The fourth-order valence-corrected chi connectivity index (χ4v) is 1.24. The van der Waals surface area contributed by atoms with Crippen molar-refractivity contribution in [2.75, 3.05) is 14.2 Å². The average molecular weight is 207 g/mol. The monoisotopic (exact) mass is 206 g/mol. The molecular formula is C10H12ClLiO2. The van der Waals surface area contributed by atoms with Crippen molar-refractivity contribution in [3.63, 3.8) is 0 Å². The van der Waals surface area contributed by atoms with Gasteiger partial charge >= 0.3 is 18.9 Å². The van der Waals surface area contributed by atoms with E-state index in [1.54, 1.807) is 26.4 Å². The molecule has 0 heterocycles. The van der Waals surface area contributed by atoms with E-state index in [1.165, 1.54) is 0 Å². The number of halogens is 1. The first-order chi connectivity index (χ1) is 6.26. The first-order valence-electron chi connectivity index (χ1n) is 3.98.